The molecule has 1 aliphatic heterocycles. The van der Waals surface area contributed by atoms with Gasteiger partial charge in [0, 0.05) is 16.0 Å². The number of carbonyl (C=O) groups excluding carboxylic acids is 3. The standard InChI is InChI=1S/C20H18ClN5O3S/c1-20(15-7-4-10-30-15)18(28)25(19(29)24-20)12-17(27)23-16-8-9-22-26(16)11-13-5-2-3-6-14(13)21/h2-10H,11-12H2,1H3,(H,23,27)(H,24,29). The minimum atomic E-state index is -1.17. The third kappa shape index (κ3) is 3.69. The van der Waals surface area contributed by atoms with Crippen molar-refractivity contribution in [1.29, 1.82) is 0 Å². The first-order valence-electron chi connectivity index (χ1n) is 9.11. The third-order valence-electron chi connectivity index (χ3n) is 4.85. The lowest BCUT2D eigenvalue weighted by atomic mass is 10.0. The Hall–Kier alpha value is -3.17. The Kier molecular flexibility index (Phi) is 5.31. The molecule has 1 fully saturated rings. The molecule has 154 valence electrons. The van der Waals surface area contributed by atoms with E-state index in [2.05, 4.69) is 15.7 Å². The molecule has 1 unspecified atom stereocenters. The summed E-state index contributed by atoms with van der Waals surface area (Å²) in [6.07, 6.45) is 1.55. The molecule has 1 atom stereocenters. The second-order valence-electron chi connectivity index (χ2n) is 6.94. The minimum Gasteiger partial charge on any atom is -0.319 e. The van der Waals surface area contributed by atoms with Crippen LogP contribution in [0.25, 0.3) is 0 Å². The van der Waals surface area contributed by atoms with Crippen molar-refractivity contribution in [3.05, 3.63) is 69.5 Å². The van der Waals surface area contributed by atoms with Crippen molar-refractivity contribution < 1.29 is 14.4 Å². The molecule has 1 aromatic carbocycles. The lowest BCUT2D eigenvalue weighted by Gasteiger charge is -2.20. The number of amides is 4. The number of hydrogen-bond acceptors (Lipinski definition) is 5. The summed E-state index contributed by atoms with van der Waals surface area (Å²) in [6, 6.07) is 12.0. The fourth-order valence-corrected chi connectivity index (χ4v) is 4.28. The van der Waals surface area contributed by atoms with Crippen molar-refractivity contribution in [1.82, 2.24) is 20.0 Å². The number of aromatic nitrogens is 2. The largest absolute Gasteiger partial charge is 0.325 e. The summed E-state index contributed by atoms with van der Waals surface area (Å²) >= 11 is 7.57. The van der Waals surface area contributed by atoms with Crippen LogP contribution in [-0.4, -0.2) is 39.1 Å². The van der Waals surface area contributed by atoms with Gasteiger partial charge in [-0.2, -0.15) is 5.10 Å². The molecule has 30 heavy (non-hydrogen) atoms. The number of nitrogens with zero attached hydrogens (tertiary/aromatic N) is 3. The Labute approximate surface area is 181 Å². The van der Waals surface area contributed by atoms with Gasteiger partial charge < -0.3 is 10.6 Å². The number of urea groups is 1. The van der Waals surface area contributed by atoms with E-state index in [1.165, 1.54) is 11.3 Å². The highest BCUT2D eigenvalue weighted by Crippen LogP contribution is 2.31. The average molecular weight is 444 g/mol. The molecule has 1 saturated heterocycles. The number of hydrogen-bond donors (Lipinski definition) is 2. The van der Waals surface area contributed by atoms with Gasteiger partial charge in [-0.05, 0) is 30.0 Å². The van der Waals surface area contributed by atoms with Gasteiger partial charge in [-0.15, -0.1) is 11.3 Å². The van der Waals surface area contributed by atoms with E-state index in [0.717, 1.165) is 10.5 Å². The summed E-state index contributed by atoms with van der Waals surface area (Å²) in [5.41, 5.74) is -0.323. The van der Waals surface area contributed by atoms with E-state index >= 15 is 0 Å². The Morgan fingerprint density at radius 1 is 1.23 bits per heavy atom. The van der Waals surface area contributed by atoms with Crippen LogP contribution in [0.5, 0.6) is 0 Å². The van der Waals surface area contributed by atoms with E-state index < -0.39 is 29.9 Å². The van der Waals surface area contributed by atoms with Crippen molar-refractivity contribution in [3.8, 4) is 0 Å². The molecule has 3 heterocycles. The van der Waals surface area contributed by atoms with Gasteiger partial charge in [0.1, 0.15) is 12.4 Å². The smallest absolute Gasteiger partial charge is 0.319 e. The SMILES string of the molecule is CC1(c2cccs2)NC(=O)N(CC(=O)Nc2ccnn2Cc2ccccc2Cl)C1=O. The van der Waals surface area contributed by atoms with Crippen LogP contribution in [0.4, 0.5) is 10.6 Å². The molecule has 4 amide bonds. The second-order valence-corrected chi connectivity index (χ2v) is 8.29. The number of imide groups is 1. The number of nitrogens with one attached hydrogen (secondary N) is 2. The van der Waals surface area contributed by atoms with Crippen LogP contribution >= 0.6 is 22.9 Å². The first-order chi connectivity index (χ1) is 14.4. The molecule has 1 aliphatic rings. The van der Waals surface area contributed by atoms with Crippen LogP contribution < -0.4 is 10.6 Å². The molecule has 2 aromatic heterocycles. The quantitative estimate of drug-likeness (QED) is 0.572. The fraction of sp³-hybridized carbons (Fsp3) is 0.200. The van der Waals surface area contributed by atoms with Crippen LogP contribution in [0.3, 0.4) is 0 Å². The number of anilines is 1. The molecule has 3 aromatic rings. The minimum absolute atomic E-state index is 0.363. The fourth-order valence-electron chi connectivity index (χ4n) is 3.25. The van der Waals surface area contributed by atoms with Gasteiger partial charge in [0.15, 0.2) is 5.54 Å². The lowest BCUT2D eigenvalue weighted by Crippen LogP contribution is -2.41. The molecule has 0 saturated carbocycles. The number of thiophene rings is 1. The van der Waals surface area contributed by atoms with E-state index in [9.17, 15) is 14.4 Å². The molecular formula is C20H18ClN5O3S. The molecule has 10 heteroatoms. The van der Waals surface area contributed by atoms with E-state index in [1.807, 2.05) is 23.6 Å². The second kappa shape index (κ2) is 7.92. The topological polar surface area (TPSA) is 96.3 Å². The Morgan fingerprint density at radius 3 is 2.77 bits per heavy atom. The Morgan fingerprint density at radius 2 is 2.03 bits per heavy atom. The van der Waals surface area contributed by atoms with Gasteiger partial charge in [0.05, 0.1) is 12.7 Å². The molecule has 0 bridgehead atoms. The zero-order chi connectivity index (χ0) is 21.3. The monoisotopic (exact) mass is 443 g/mol. The van der Waals surface area contributed by atoms with E-state index in [0.29, 0.717) is 22.3 Å². The Bertz CT molecular complexity index is 1110. The van der Waals surface area contributed by atoms with Crippen molar-refractivity contribution in [2.24, 2.45) is 0 Å². The number of rotatable bonds is 6. The van der Waals surface area contributed by atoms with Crippen LogP contribution in [0.2, 0.25) is 5.02 Å². The van der Waals surface area contributed by atoms with E-state index in [-0.39, 0.29) is 0 Å². The predicted octanol–water partition coefficient (Wildman–Crippen LogP) is 3.05. The molecule has 4 rings (SSSR count). The third-order valence-corrected chi connectivity index (χ3v) is 6.31. The maximum atomic E-state index is 12.9. The van der Waals surface area contributed by atoms with E-state index in [4.69, 9.17) is 11.6 Å². The van der Waals surface area contributed by atoms with Gasteiger partial charge in [-0.25, -0.2) is 9.48 Å². The van der Waals surface area contributed by atoms with Gasteiger partial charge in [0.25, 0.3) is 5.91 Å². The maximum Gasteiger partial charge on any atom is 0.325 e. The van der Waals surface area contributed by atoms with Crippen LogP contribution in [-0.2, 0) is 21.7 Å². The van der Waals surface area contributed by atoms with Crippen molar-refractivity contribution in [2.45, 2.75) is 19.0 Å². The molecule has 0 radical (unpaired) electrons. The maximum absolute atomic E-state index is 12.9. The predicted molar refractivity (Wildman–Crippen MR) is 113 cm³/mol. The highest BCUT2D eigenvalue weighted by Gasteiger charge is 2.50. The first kappa shape index (κ1) is 20.1. The summed E-state index contributed by atoms with van der Waals surface area (Å²) in [4.78, 5) is 39.4. The van der Waals surface area contributed by atoms with Crippen molar-refractivity contribution in [3.63, 3.8) is 0 Å². The van der Waals surface area contributed by atoms with Crippen LogP contribution in [0, 0.1) is 0 Å². The van der Waals surface area contributed by atoms with Gasteiger partial charge >= 0.3 is 6.03 Å². The van der Waals surface area contributed by atoms with Crippen molar-refractivity contribution >= 4 is 46.6 Å². The lowest BCUT2D eigenvalue weighted by molar-refractivity contribution is -0.133. The summed E-state index contributed by atoms with van der Waals surface area (Å²) in [7, 11) is 0. The normalized spacial score (nSPS) is 18.5. The molecule has 2 N–H and O–H groups in total. The summed E-state index contributed by atoms with van der Waals surface area (Å²) in [5.74, 6) is -0.530. The molecule has 8 nitrogen and oxygen atoms in total. The van der Waals surface area contributed by atoms with Gasteiger partial charge in [0.2, 0.25) is 5.91 Å². The van der Waals surface area contributed by atoms with Gasteiger partial charge in [-0.1, -0.05) is 35.9 Å². The van der Waals surface area contributed by atoms with Crippen molar-refractivity contribution in [2.75, 3.05) is 11.9 Å². The van der Waals surface area contributed by atoms with Gasteiger partial charge in [-0.3, -0.25) is 14.5 Å². The zero-order valence-electron chi connectivity index (χ0n) is 16.0. The molecule has 0 aliphatic carbocycles. The Balaban J connectivity index is 1.45. The average Bonchev–Trinajstić information content (AvgIpc) is 3.43. The zero-order valence-corrected chi connectivity index (χ0v) is 17.5. The highest BCUT2D eigenvalue weighted by molar-refractivity contribution is 7.10. The summed E-state index contributed by atoms with van der Waals surface area (Å²) < 4.78 is 1.58. The summed E-state index contributed by atoms with van der Waals surface area (Å²) in [6.45, 7) is 1.60. The number of halogens is 1. The number of carbonyl (C=O) groups is 3. The first-order valence-corrected chi connectivity index (χ1v) is 10.4. The molecule has 0 spiro atoms. The van der Waals surface area contributed by atoms with Crippen LogP contribution in [0.1, 0.15) is 17.4 Å². The van der Waals surface area contributed by atoms with E-state index in [1.54, 1.807) is 42.1 Å². The highest BCUT2D eigenvalue weighted by atomic mass is 35.5. The molecular weight excluding hydrogens is 426 g/mol. The number of benzene rings is 1. The van der Waals surface area contributed by atoms with Crippen LogP contribution in [0.15, 0.2) is 54.0 Å². The summed E-state index contributed by atoms with van der Waals surface area (Å²) in [5, 5.41) is 12.0.